The lowest BCUT2D eigenvalue weighted by Crippen LogP contribution is -2.22. The molecule has 0 saturated carbocycles. The van der Waals surface area contributed by atoms with Gasteiger partial charge < -0.3 is 0 Å². The van der Waals surface area contributed by atoms with E-state index in [1.165, 1.54) is 11.8 Å². The second-order valence-electron chi connectivity index (χ2n) is 6.59. The Morgan fingerprint density at radius 2 is 1.60 bits per heavy atom. The van der Waals surface area contributed by atoms with Crippen molar-refractivity contribution >= 4 is 40.0 Å². The van der Waals surface area contributed by atoms with Gasteiger partial charge in [-0.1, -0.05) is 59.8 Å². The number of ketones is 1. The van der Waals surface area contributed by atoms with Gasteiger partial charge in [-0.05, 0) is 42.0 Å². The molecule has 4 nitrogen and oxygen atoms in total. The van der Waals surface area contributed by atoms with E-state index in [1.54, 1.807) is 60.7 Å². The maximum absolute atomic E-state index is 13.5. The molecule has 30 heavy (non-hydrogen) atoms. The molecule has 0 atom stereocenters. The molecule has 0 aliphatic rings. The Morgan fingerprint density at radius 1 is 0.967 bits per heavy atom. The molecular formula is C23H16ClFN2O2S. The minimum Gasteiger partial charge on any atom is -0.289 e. The summed E-state index contributed by atoms with van der Waals surface area (Å²) < 4.78 is 14.5. The monoisotopic (exact) mass is 438 g/mol. The Hall–Kier alpha value is -2.96. The molecule has 0 radical (unpaired) electrons. The molecule has 0 aliphatic carbocycles. The van der Waals surface area contributed by atoms with Crippen LogP contribution >= 0.6 is 23.4 Å². The molecule has 150 valence electrons. The number of thioether (sulfide) groups is 1. The van der Waals surface area contributed by atoms with E-state index in [-0.39, 0.29) is 5.78 Å². The first-order valence-corrected chi connectivity index (χ1v) is 10.5. The predicted octanol–water partition coefficient (Wildman–Crippen LogP) is 5.50. The van der Waals surface area contributed by atoms with Crippen LogP contribution in [0.1, 0.15) is 21.5 Å². The summed E-state index contributed by atoms with van der Waals surface area (Å²) >= 11 is 7.15. The predicted molar refractivity (Wildman–Crippen MR) is 118 cm³/mol. The van der Waals surface area contributed by atoms with Crippen LogP contribution in [-0.2, 0) is 12.6 Å². The van der Waals surface area contributed by atoms with E-state index in [1.807, 2.05) is 12.1 Å². The zero-order chi connectivity index (χ0) is 21.1. The summed E-state index contributed by atoms with van der Waals surface area (Å²) in [5, 5.41) is 1.29. The van der Waals surface area contributed by atoms with E-state index in [2.05, 4.69) is 4.98 Å². The number of carbonyl (C=O) groups excluding carboxylic acids is 1. The second kappa shape index (κ2) is 8.81. The zero-order valence-corrected chi connectivity index (χ0v) is 17.3. The lowest BCUT2D eigenvalue weighted by molar-refractivity contribution is 0.103. The van der Waals surface area contributed by atoms with Gasteiger partial charge in [-0.15, -0.1) is 0 Å². The van der Waals surface area contributed by atoms with Crippen molar-refractivity contribution in [2.24, 2.45) is 0 Å². The highest BCUT2D eigenvalue weighted by Gasteiger charge is 2.12. The van der Waals surface area contributed by atoms with Gasteiger partial charge in [-0.3, -0.25) is 14.2 Å². The van der Waals surface area contributed by atoms with Crippen LogP contribution in [0.4, 0.5) is 4.39 Å². The number of halogens is 2. The first kappa shape index (κ1) is 20.3. The van der Waals surface area contributed by atoms with Crippen LogP contribution in [0.2, 0.25) is 5.02 Å². The fraction of sp³-hybridized carbons (Fsp3) is 0.0870. The topological polar surface area (TPSA) is 52.0 Å². The highest BCUT2D eigenvalue weighted by atomic mass is 35.5. The van der Waals surface area contributed by atoms with E-state index in [0.29, 0.717) is 38.0 Å². The van der Waals surface area contributed by atoms with Crippen LogP contribution in [0.5, 0.6) is 0 Å². The minimum atomic E-state index is -0.937. The lowest BCUT2D eigenvalue weighted by atomic mass is 10.0. The molecule has 4 rings (SSSR count). The largest absolute Gasteiger partial charge is 0.289 e. The molecule has 0 unspecified atom stereocenters. The van der Waals surface area contributed by atoms with Crippen molar-refractivity contribution in [2.45, 2.75) is 17.7 Å². The first-order valence-electron chi connectivity index (χ1n) is 9.14. The maximum atomic E-state index is 13.5. The number of carbonyl (C=O) groups is 1. The summed E-state index contributed by atoms with van der Waals surface area (Å²) in [4.78, 5) is 29.5. The summed E-state index contributed by atoms with van der Waals surface area (Å²) in [5.41, 5.74) is 2.21. The lowest BCUT2D eigenvalue weighted by Gasteiger charge is -2.10. The molecular weight excluding hydrogens is 423 g/mol. The van der Waals surface area contributed by atoms with Crippen molar-refractivity contribution in [2.75, 3.05) is 0 Å². The standard InChI is InChI=1S/C23H16ClFN2O2S/c24-18-11-9-17(10-12-18)21(28)16-7-5-15(6-8-16)13-30-23-26-20-4-2-1-3-19(20)22(29)27(23)14-25/h1-12H,13-14H2. The van der Waals surface area contributed by atoms with Crippen LogP contribution in [-0.4, -0.2) is 15.3 Å². The van der Waals surface area contributed by atoms with Crippen molar-refractivity contribution in [3.63, 3.8) is 0 Å². The Balaban J connectivity index is 1.52. The molecule has 0 N–H and O–H groups in total. The van der Waals surface area contributed by atoms with Crippen molar-refractivity contribution < 1.29 is 9.18 Å². The number of alkyl halides is 1. The fourth-order valence-corrected chi connectivity index (χ4v) is 4.10. The number of hydrogen-bond acceptors (Lipinski definition) is 4. The van der Waals surface area contributed by atoms with Crippen molar-refractivity contribution in [1.82, 2.24) is 9.55 Å². The van der Waals surface area contributed by atoms with Crippen molar-refractivity contribution in [3.8, 4) is 0 Å². The van der Waals surface area contributed by atoms with Crippen LogP contribution in [0.25, 0.3) is 10.9 Å². The maximum Gasteiger partial charge on any atom is 0.264 e. The molecule has 3 aromatic carbocycles. The van der Waals surface area contributed by atoms with Gasteiger partial charge in [0.2, 0.25) is 0 Å². The van der Waals surface area contributed by atoms with Crippen LogP contribution in [0, 0.1) is 0 Å². The van der Waals surface area contributed by atoms with Gasteiger partial charge in [0.15, 0.2) is 17.7 Å². The number of nitrogens with zero attached hydrogens (tertiary/aromatic N) is 2. The summed E-state index contributed by atoms with van der Waals surface area (Å²) in [7, 11) is 0. The number of rotatable bonds is 6. The average Bonchev–Trinajstić information content (AvgIpc) is 2.78. The van der Waals surface area contributed by atoms with Crippen LogP contribution in [0.15, 0.2) is 82.7 Å². The molecule has 0 spiro atoms. The van der Waals surface area contributed by atoms with Gasteiger partial charge in [0.05, 0.1) is 10.9 Å². The Labute approximate surface area is 181 Å². The Morgan fingerprint density at radius 3 is 2.27 bits per heavy atom. The zero-order valence-electron chi connectivity index (χ0n) is 15.7. The Bertz CT molecular complexity index is 1270. The first-order chi connectivity index (χ1) is 14.6. The molecule has 4 aromatic rings. The molecule has 0 saturated heterocycles. The van der Waals surface area contributed by atoms with Gasteiger partial charge in [0.25, 0.3) is 5.56 Å². The number of para-hydroxylation sites is 1. The molecule has 0 amide bonds. The highest BCUT2D eigenvalue weighted by Crippen LogP contribution is 2.23. The molecule has 0 fully saturated rings. The van der Waals surface area contributed by atoms with Crippen molar-refractivity contribution in [3.05, 3.63) is 105 Å². The van der Waals surface area contributed by atoms with E-state index in [9.17, 15) is 14.0 Å². The number of hydrogen-bond donors (Lipinski definition) is 0. The van der Waals surface area contributed by atoms with E-state index in [4.69, 9.17) is 11.6 Å². The normalized spacial score (nSPS) is 11.0. The van der Waals surface area contributed by atoms with Gasteiger partial charge in [-0.25, -0.2) is 9.37 Å². The smallest absolute Gasteiger partial charge is 0.264 e. The summed E-state index contributed by atoms with van der Waals surface area (Å²) in [6.07, 6.45) is 0. The fourth-order valence-electron chi connectivity index (χ4n) is 3.03. The molecule has 0 bridgehead atoms. The van der Waals surface area contributed by atoms with E-state index in [0.717, 1.165) is 10.1 Å². The number of fused-ring (bicyclic) bond motifs is 1. The molecule has 0 aliphatic heterocycles. The average molecular weight is 439 g/mol. The number of aromatic nitrogens is 2. The third-order valence-electron chi connectivity index (χ3n) is 4.64. The third-order valence-corrected chi connectivity index (χ3v) is 5.94. The van der Waals surface area contributed by atoms with Gasteiger partial charge >= 0.3 is 0 Å². The van der Waals surface area contributed by atoms with Gasteiger partial charge in [0, 0.05) is 21.9 Å². The Kier molecular flexibility index (Phi) is 5.97. The van der Waals surface area contributed by atoms with E-state index >= 15 is 0 Å². The summed E-state index contributed by atoms with van der Waals surface area (Å²) in [6.45, 7) is -0.937. The highest BCUT2D eigenvalue weighted by molar-refractivity contribution is 7.98. The third kappa shape index (κ3) is 4.15. The number of benzene rings is 3. The molecule has 7 heteroatoms. The molecule has 1 heterocycles. The summed E-state index contributed by atoms with van der Waals surface area (Å²) in [6, 6.07) is 20.8. The quantitative estimate of drug-likeness (QED) is 0.226. The van der Waals surface area contributed by atoms with Gasteiger partial charge in [-0.2, -0.15) is 0 Å². The second-order valence-corrected chi connectivity index (χ2v) is 7.96. The van der Waals surface area contributed by atoms with Crippen LogP contribution in [0.3, 0.4) is 0 Å². The van der Waals surface area contributed by atoms with Crippen LogP contribution < -0.4 is 5.56 Å². The SMILES string of the molecule is O=C(c1ccc(Cl)cc1)c1ccc(CSc2nc3ccccc3c(=O)n2CF)cc1. The minimum absolute atomic E-state index is 0.0895. The summed E-state index contributed by atoms with van der Waals surface area (Å²) in [5.74, 6) is 0.397. The van der Waals surface area contributed by atoms with Crippen molar-refractivity contribution in [1.29, 1.82) is 0 Å². The van der Waals surface area contributed by atoms with E-state index < -0.39 is 12.4 Å². The van der Waals surface area contributed by atoms with Gasteiger partial charge in [0.1, 0.15) is 0 Å². The molecule has 1 aromatic heterocycles.